The molecule has 2 N–H and O–H groups in total. The van der Waals surface area contributed by atoms with Gasteiger partial charge in [0.2, 0.25) is 12.3 Å². The molecule has 2 amide bonds. The van der Waals surface area contributed by atoms with E-state index in [-0.39, 0.29) is 5.91 Å². The van der Waals surface area contributed by atoms with E-state index in [0.29, 0.717) is 24.5 Å². The molecule has 0 aromatic heterocycles. The maximum atomic E-state index is 11.3. The van der Waals surface area contributed by atoms with Gasteiger partial charge < -0.3 is 20.4 Å². The van der Waals surface area contributed by atoms with Crippen LogP contribution < -0.4 is 10.6 Å². The molecule has 1 saturated heterocycles. The van der Waals surface area contributed by atoms with Crippen LogP contribution in [0.15, 0.2) is 60.9 Å². The Hall–Kier alpha value is -2.60. The maximum absolute atomic E-state index is 11.3. The summed E-state index contributed by atoms with van der Waals surface area (Å²) in [6, 6.07) is 0.636. The molecule has 41 heavy (non-hydrogen) atoms. The fourth-order valence-corrected chi connectivity index (χ4v) is 5.05. The molecular formula is C35H64N4O2. The SMILES string of the molecule is C=C/C(=C\C=C/C)CCN(CC1CCCN1C=O)C(=C)/C=C/C.CC.CC.CNCC(=O)NC(C)C1CCCCC1. The molecule has 0 radical (unpaired) electrons. The van der Waals surface area contributed by atoms with Crippen LogP contribution in [0.5, 0.6) is 0 Å². The lowest BCUT2D eigenvalue weighted by atomic mass is 9.84. The van der Waals surface area contributed by atoms with E-state index in [0.717, 1.165) is 51.0 Å². The number of likely N-dealkylation sites (tertiary alicyclic amines) is 1. The van der Waals surface area contributed by atoms with Gasteiger partial charge in [-0.05, 0) is 77.5 Å². The van der Waals surface area contributed by atoms with Gasteiger partial charge in [-0.3, -0.25) is 9.59 Å². The van der Waals surface area contributed by atoms with Crippen molar-refractivity contribution in [2.24, 2.45) is 5.92 Å². The highest BCUT2D eigenvalue weighted by Gasteiger charge is 2.25. The normalized spacial score (nSPS) is 17.8. The second-order valence-electron chi connectivity index (χ2n) is 10.1. The van der Waals surface area contributed by atoms with Crippen molar-refractivity contribution in [3.63, 3.8) is 0 Å². The number of nitrogens with one attached hydrogen (secondary N) is 2. The highest BCUT2D eigenvalue weighted by molar-refractivity contribution is 5.78. The minimum Gasteiger partial charge on any atom is -0.370 e. The number of hydrogen-bond acceptors (Lipinski definition) is 4. The first kappa shape index (κ1) is 40.5. The second kappa shape index (κ2) is 27.6. The number of allylic oxidation sites excluding steroid dienone is 6. The third-order valence-electron chi connectivity index (χ3n) is 7.27. The van der Waals surface area contributed by atoms with Crippen LogP contribution >= 0.6 is 0 Å². The summed E-state index contributed by atoms with van der Waals surface area (Å²) in [5.41, 5.74) is 2.21. The van der Waals surface area contributed by atoms with E-state index >= 15 is 0 Å². The fourth-order valence-electron chi connectivity index (χ4n) is 5.05. The molecular weight excluding hydrogens is 508 g/mol. The predicted molar refractivity (Wildman–Crippen MR) is 180 cm³/mol. The van der Waals surface area contributed by atoms with Crippen molar-refractivity contribution in [1.29, 1.82) is 0 Å². The van der Waals surface area contributed by atoms with Crippen molar-refractivity contribution in [3.05, 3.63) is 60.9 Å². The molecule has 0 aromatic carbocycles. The lowest BCUT2D eigenvalue weighted by molar-refractivity contribution is -0.121. The third kappa shape index (κ3) is 18.5. The smallest absolute Gasteiger partial charge is 0.234 e. The third-order valence-corrected chi connectivity index (χ3v) is 7.27. The summed E-state index contributed by atoms with van der Waals surface area (Å²) >= 11 is 0. The van der Waals surface area contributed by atoms with Gasteiger partial charge in [-0.1, -0.05) is 90.5 Å². The first-order valence-electron chi connectivity index (χ1n) is 16.1. The topological polar surface area (TPSA) is 64.7 Å². The number of carbonyl (C=O) groups is 2. The zero-order chi connectivity index (χ0) is 31.5. The summed E-state index contributed by atoms with van der Waals surface area (Å²) in [5, 5.41) is 5.91. The van der Waals surface area contributed by atoms with Crippen LogP contribution in [0, 0.1) is 5.92 Å². The van der Waals surface area contributed by atoms with Gasteiger partial charge >= 0.3 is 0 Å². The van der Waals surface area contributed by atoms with Crippen molar-refractivity contribution >= 4 is 12.3 Å². The van der Waals surface area contributed by atoms with Crippen molar-refractivity contribution < 1.29 is 9.59 Å². The summed E-state index contributed by atoms with van der Waals surface area (Å²) in [6.45, 7) is 25.2. The quantitative estimate of drug-likeness (QED) is 0.168. The average molecular weight is 573 g/mol. The first-order chi connectivity index (χ1) is 19.9. The number of hydrogen-bond donors (Lipinski definition) is 2. The summed E-state index contributed by atoms with van der Waals surface area (Å²) < 4.78 is 0. The van der Waals surface area contributed by atoms with Crippen LogP contribution in [0.25, 0.3) is 0 Å². The number of amides is 2. The van der Waals surface area contributed by atoms with Crippen LogP contribution in [-0.4, -0.2) is 67.4 Å². The predicted octanol–water partition coefficient (Wildman–Crippen LogP) is 7.42. The van der Waals surface area contributed by atoms with Gasteiger partial charge in [0.05, 0.1) is 6.54 Å². The van der Waals surface area contributed by atoms with Crippen molar-refractivity contribution in [3.8, 4) is 0 Å². The monoisotopic (exact) mass is 573 g/mol. The van der Waals surface area contributed by atoms with Gasteiger partial charge in [-0.15, -0.1) is 0 Å². The van der Waals surface area contributed by atoms with Crippen LogP contribution in [0.4, 0.5) is 0 Å². The number of carbonyl (C=O) groups excluding carboxylic acids is 2. The van der Waals surface area contributed by atoms with Gasteiger partial charge in [0.25, 0.3) is 0 Å². The van der Waals surface area contributed by atoms with Crippen molar-refractivity contribution in [1.82, 2.24) is 20.4 Å². The molecule has 6 nitrogen and oxygen atoms in total. The highest BCUT2D eigenvalue weighted by Crippen LogP contribution is 2.26. The molecule has 2 rings (SSSR count). The zero-order valence-corrected chi connectivity index (χ0v) is 27.9. The van der Waals surface area contributed by atoms with Crippen molar-refractivity contribution in [2.45, 2.75) is 112 Å². The van der Waals surface area contributed by atoms with Gasteiger partial charge in [0.15, 0.2) is 0 Å². The fraction of sp³-hybridized carbons (Fsp3) is 0.657. The lowest BCUT2D eigenvalue weighted by Crippen LogP contribution is -2.42. The summed E-state index contributed by atoms with van der Waals surface area (Å²) in [6.07, 6.45) is 22.7. The summed E-state index contributed by atoms with van der Waals surface area (Å²) in [5.74, 6) is 0.815. The number of rotatable bonds is 14. The Balaban J connectivity index is 0. The van der Waals surface area contributed by atoms with Crippen LogP contribution in [0.1, 0.15) is 99.8 Å². The van der Waals surface area contributed by atoms with Crippen molar-refractivity contribution in [2.75, 3.05) is 33.2 Å². The maximum Gasteiger partial charge on any atom is 0.234 e. The molecule has 0 bridgehead atoms. The van der Waals surface area contributed by atoms with Crippen LogP contribution in [0.2, 0.25) is 0 Å². The molecule has 1 aliphatic carbocycles. The van der Waals surface area contributed by atoms with Gasteiger partial charge in [0.1, 0.15) is 0 Å². The Bertz CT molecular complexity index is 781. The largest absolute Gasteiger partial charge is 0.370 e. The van der Waals surface area contributed by atoms with Gasteiger partial charge in [-0.2, -0.15) is 0 Å². The van der Waals surface area contributed by atoms with E-state index in [4.69, 9.17) is 0 Å². The average Bonchev–Trinajstić information content (AvgIpc) is 3.46. The van der Waals surface area contributed by atoms with Gasteiger partial charge in [-0.25, -0.2) is 0 Å². The van der Waals surface area contributed by atoms with E-state index in [1.54, 1.807) is 7.05 Å². The van der Waals surface area contributed by atoms with Gasteiger partial charge in [0, 0.05) is 37.4 Å². The zero-order valence-electron chi connectivity index (χ0n) is 27.9. The minimum absolute atomic E-state index is 0.116. The lowest BCUT2D eigenvalue weighted by Gasteiger charge is -2.31. The van der Waals surface area contributed by atoms with Crippen LogP contribution in [0.3, 0.4) is 0 Å². The molecule has 236 valence electrons. The van der Waals surface area contributed by atoms with E-state index in [9.17, 15) is 9.59 Å². The molecule has 2 atom stereocenters. The molecule has 2 fully saturated rings. The molecule has 1 heterocycles. The molecule has 0 spiro atoms. The van der Waals surface area contributed by atoms with E-state index in [2.05, 4.69) is 41.7 Å². The number of likely N-dealkylation sites (N-methyl/N-ethyl adjacent to an activating group) is 1. The second-order valence-corrected chi connectivity index (χ2v) is 10.1. The first-order valence-corrected chi connectivity index (χ1v) is 16.1. The molecule has 2 unspecified atom stereocenters. The standard InChI is InChI=1S/C20H30N2O.C11H22N2O.2C2H6/c1-5-8-11-19(7-3)13-15-21(18(4)10-6-2)16-20-12-9-14-22(20)17-23;1-9(13-11(14)8-12-2)10-6-4-3-5-7-10;2*1-2/h5-8,10-11,17,20H,3-4,9,12-16H2,1-2H3;9-10,12H,3-8H2,1-2H3,(H,13,14);2*1-2H3/b8-5-,10-6+,19-11+;;;. The van der Waals surface area contributed by atoms with E-state index < -0.39 is 0 Å². The molecule has 1 aliphatic heterocycles. The van der Waals surface area contributed by atoms with E-state index in [1.165, 1.54) is 37.7 Å². The highest BCUT2D eigenvalue weighted by atomic mass is 16.2. The Morgan fingerprint density at radius 3 is 2.24 bits per heavy atom. The Morgan fingerprint density at radius 2 is 1.71 bits per heavy atom. The Kier molecular flexibility index (Phi) is 27.3. The Labute approximate surface area is 254 Å². The number of nitrogens with zero attached hydrogens (tertiary/aromatic N) is 2. The Morgan fingerprint density at radius 1 is 1.05 bits per heavy atom. The summed E-state index contributed by atoms with van der Waals surface area (Å²) in [4.78, 5) is 26.7. The van der Waals surface area contributed by atoms with Crippen LogP contribution in [-0.2, 0) is 9.59 Å². The summed E-state index contributed by atoms with van der Waals surface area (Å²) in [7, 11) is 1.80. The van der Waals surface area contributed by atoms with E-state index in [1.807, 2.05) is 76.8 Å². The minimum atomic E-state index is 0.116. The molecule has 0 aromatic rings. The molecule has 1 saturated carbocycles. The molecule has 2 aliphatic rings. The molecule has 6 heteroatoms.